The number of aliphatic carboxylic acids is 1. The fourth-order valence-electron chi connectivity index (χ4n) is 2.90. The number of ether oxygens (including phenoxy) is 1. The highest BCUT2D eigenvalue weighted by atomic mass is 16.5. The van der Waals surface area contributed by atoms with Crippen molar-refractivity contribution in [3.63, 3.8) is 0 Å². The molecular weight excluding hydrogens is 390 g/mol. The number of carboxylic acids is 1. The summed E-state index contributed by atoms with van der Waals surface area (Å²) in [6.45, 7) is 4.02. The number of anilines is 1. The van der Waals surface area contributed by atoms with E-state index < -0.39 is 73.0 Å². The van der Waals surface area contributed by atoms with Crippen LogP contribution in [0.1, 0.15) is 40.4 Å². The first-order valence-corrected chi connectivity index (χ1v) is 9.78. The van der Waals surface area contributed by atoms with Crippen LogP contribution in [0.25, 0.3) is 22.5 Å². The van der Waals surface area contributed by atoms with Crippen LogP contribution in [0.5, 0.6) is 0 Å². The zero-order valence-corrected chi connectivity index (χ0v) is 17.3. The van der Waals surface area contributed by atoms with Crippen LogP contribution in [0.3, 0.4) is 0 Å². The normalized spacial score (nSPS) is 15.5. The van der Waals surface area contributed by atoms with Gasteiger partial charge in [-0.1, -0.05) is 60.4 Å². The van der Waals surface area contributed by atoms with Crippen molar-refractivity contribution in [2.45, 2.75) is 32.7 Å². The number of carboxylic acid groups (broad SMARTS) is 1. The first-order chi connectivity index (χ1) is 19.2. The van der Waals surface area contributed by atoms with Gasteiger partial charge in [0.05, 0.1) is 31.3 Å². The lowest BCUT2D eigenvalue weighted by molar-refractivity contribution is -0.142. The summed E-state index contributed by atoms with van der Waals surface area (Å²) in [5, 5.41) is 8.71. The van der Waals surface area contributed by atoms with Crippen LogP contribution in [0.4, 0.5) is 5.82 Å². The van der Waals surface area contributed by atoms with Crippen LogP contribution >= 0.6 is 0 Å². The molecule has 0 fully saturated rings. The van der Waals surface area contributed by atoms with Crippen LogP contribution in [-0.4, -0.2) is 46.8 Å². The molecular formula is C25H29N3O3. The Kier molecular flexibility index (Phi) is 4.55. The fraction of sp³-hybridized carbons (Fsp3) is 0.320. The van der Waals surface area contributed by atoms with E-state index in [0.717, 1.165) is 0 Å². The third-order valence-corrected chi connectivity index (χ3v) is 4.31. The van der Waals surface area contributed by atoms with Crippen molar-refractivity contribution in [3.8, 4) is 22.5 Å². The highest BCUT2D eigenvalue weighted by Gasteiger charge is 2.17. The fourth-order valence-corrected chi connectivity index (χ4v) is 2.90. The minimum Gasteiger partial charge on any atom is -0.480 e. The Balaban J connectivity index is 2.23. The summed E-state index contributed by atoms with van der Waals surface area (Å²) in [6.07, 6.45) is 2.46. The van der Waals surface area contributed by atoms with Crippen molar-refractivity contribution in [2.24, 2.45) is 0 Å². The van der Waals surface area contributed by atoms with Gasteiger partial charge in [-0.25, -0.2) is 9.78 Å². The van der Waals surface area contributed by atoms with E-state index in [1.54, 1.807) is 0 Å². The number of benzene rings is 2. The summed E-state index contributed by atoms with van der Waals surface area (Å²) in [4.78, 5) is 21.5. The van der Waals surface area contributed by atoms with Gasteiger partial charge in [0.15, 0.2) is 0 Å². The van der Waals surface area contributed by atoms with E-state index in [4.69, 9.17) is 23.6 Å². The van der Waals surface area contributed by atoms with Crippen molar-refractivity contribution in [3.05, 3.63) is 66.6 Å². The molecule has 1 N–H and O–H groups in total. The first kappa shape index (κ1) is 12.6. The molecule has 162 valence electrons. The Morgan fingerprint density at radius 2 is 1.65 bits per heavy atom. The van der Waals surface area contributed by atoms with Crippen LogP contribution in [-0.2, 0) is 9.53 Å². The third kappa shape index (κ3) is 6.36. The SMILES string of the molecule is [2H]c1c([2H])c([2H])c(-c2ncc(N(CCCCOCC(=O)O)C(C)C)nc2-c2c([2H])c([2H])c([2H])c([2H])c2[2H])c([2H])c1[2H]. The molecule has 0 aliphatic heterocycles. The zero-order valence-electron chi connectivity index (χ0n) is 27.3. The topological polar surface area (TPSA) is 75.6 Å². The van der Waals surface area contributed by atoms with E-state index in [1.165, 1.54) is 6.20 Å². The van der Waals surface area contributed by atoms with Gasteiger partial charge < -0.3 is 14.7 Å². The summed E-state index contributed by atoms with van der Waals surface area (Å²) >= 11 is 0. The summed E-state index contributed by atoms with van der Waals surface area (Å²) in [7, 11) is 0. The average Bonchev–Trinajstić information content (AvgIpc) is 2.93. The van der Waals surface area contributed by atoms with Crippen LogP contribution in [0, 0.1) is 0 Å². The number of aromatic nitrogens is 2. The van der Waals surface area contributed by atoms with Crippen LogP contribution in [0.2, 0.25) is 0 Å². The van der Waals surface area contributed by atoms with Crippen molar-refractivity contribution >= 4 is 11.8 Å². The predicted octanol–water partition coefficient (Wildman–Crippen LogP) is 4.91. The molecule has 1 heterocycles. The Morgan fingerprint density at radius 3 is 2.23 bits per heavy atom. The lowest BCUT2D eigenvalue weighted by Gasteiger charge is -2.28. The molecule has 0 saturated heterocycles. The molecule has 0 aliphatic carbocycles. The van der Waals surface area contributed by atoms with E-state index >= 15 is 0 Å². The number of hydrogen-bond acceptors (Lipinski definition) is 5. The van der Waals surface area contributed by atoms with Crippen molar-refractivity contribution in [1.82, 2.24) is 9.97 Å². The molecule has 0 radical (unpaired) electrons. The van der Waals surface area contributed by atoms with Gasteiger partial charge in [-0.15, -0.1) is 0 Å². The molecule has 2 aromatic carbocycles. The number of nitrogens with zero attached hydrogens (tertiary/aromatic N) is 3. The maximum Gasteiger partial charge on any atom is 0.329 e. The molecule has 3 aromatic rings. The molecule has 0 saturated carbocycles. The summed E-state index contributed by atoms with van der Waals surface area (Å²) in [5.74, 6) is -0.798. The van der Waals surface area contributed by atoms with Crippen molar-refractivity contribution in [1.29, 1.82) is 0 Å². The smallest absolute Gasteiger partial charge is 0.329 e. The van der Waals surface area contributed by atoms with Gasteiger partial charge in [0, 0.05) is 30.3 Å². The molecule has 6 heteroatoms. The van der Waals surface area contributed by atoms with Crippen molar-refractivity contribution < 1.29 is 28.3 Å². The van der Waals surface area contributed by atoms with E-state index in [0.29, 0.717) is 19.4 Å². The monoisotopic (exact) mass is 429 g/mol. The minimum atomic E-state index is -1.07. The van der Waals surface area contributed by atoms with Gasteiger partial charge in [0.1, 0.15) is 12.4 Å². The molecule has 0 aliphatic rings. The minimum absolute atomic E-state index is 0.135. The molecule has 6 nitrogen and oxygen atoms in total. The zero-order chi connectivity index (χ0) is 30.8. The largest absolute Gasteiger partial charge is 0.480 e. The molecule has 31 heavy (non-hydrogen) atoms. The standard InChI is InChI=1S/C25H29N3O3/c1-19(2)28(15-9-10-16-31-18-23(29)30)22-17-26-24(20-11-5-3-6-12-20)25(27-22)21-13-7-4-8-14-21/h3-8,11-14,17,19H,9-10,15-16,18H2,1-2H3,(H,29,30)/i3D,4D,5D,6D,7D,8D,11D,12D,13D,14D. The Bertz CT molecular complexity index is 1430. The average molecular weight is 430 g/mol. The molecule has 1 aromatic heterocycles. The maximum atomic E-state index is 10.6. The number of carbonyl (C=O) groups is 1. The van der Waals surface area contributed by atoms with Gasteiger partial charge in [0.2, 0.25) is 0 Å². The molecule has 0 bridgehead atoms. The Hall–Kier alpha value is -3.25. The number of hydrogen-bond donors (Lipinski definition) is 1. The highest BCUT2D eigenvalue weighted by Crippen LogP contribution is 2.30. The number of rotatable bonds is 11. The van der Waals surface area contributed by atoms with Gasteiger partial charge in [0.25, 0.3) is 0 Å². The molecule has 0 atom stereocenters. The summed E-state index contributed by atoms with van der Waals surface area (Å²) < 4.78 is 87.4. The second-order valence-corrected chi connectivity index (χ2v) is 6.87. The lowest BCUT2D eigenvalue weighted by atomic mass is 10.0. The molecule has 0 unspecified atom stereocenters. The highest BCUT2D eigenvalue weighted by molar-refractivity contribution is 5.78. The van der Waals surface area contributed by atoms with Gasteiger partial charge in [-0.05, 0) is 26.7 Å². The van der Waals surface area contributed by atoms with E-state index in [1.807, 2.05) is 18.7 Å². The Morgan fingerprint density at radius 1 is 1.03 bits per heavy atom. The first-order valence-electron chi connectivity index (χ1n) is 14.8. The molecule has 0 amide bonds. The van der Waals surface area contributed by atoms with E-state index in [9.17, 15) is 4.79 Å². The molecule has 3 rings (SSSR count). The second kappa shape index (κ2) is 11.2. The van der Waals surface area contributed by atoms with Crippen LogP contribution < -0.4 is 4.90 Å². The summed E-state index contributed by atoms with van der Waals surface area (Å²) in [6, 6.07) is -6.16. The maximum absolute atomic E-state index is 10.6. The Labute approximate surface area is 197 Å². The third-order valence-electron chi connectivity index (χ3n) is 4.31. The van der Waals surface area contributed by atoms with E-state index in [2.05, 4.69) is 9.97 Å². The van der Waals surface area contributed by atoms with Crippen LogP contribution in [0.15, 0.2) is 66.6 Å². The molecule has 0 spiro atoms. The summed E-state index contributed by atoms with van der Waals surface area (Å²) in [5.41, 5.74) is -1.09. The second-order valence-electron chi connectivity index (χ2n) is 6.87. The lowest BCUT2D eigenvalue weighted by Crippen LogP contribution is -2.33. The van der Waals surface area contributed by atoms with Gasteiger partial charge in [-0.2, -0.15) is 0 Å². The van der Waals surface area contributed by atoms with Gasteiger partial charge >= 0.3 is 5.97 Å². The van der Waals surface area contributed by atoms with E-state index in [-0.39, 0.29) is 41.0 Å². The van der Waals surface area contributed by atoms with Gasteiger partial charge in [-0.3, -0.25) is 4.98 Å². The quantitative estimate of drug-likeness (QED) is 0.437. The predicted molar refractivity (Wildman–Crippen MR) is 123 cm³/mol. The number of unbranched alkanes of at least 4 members (excludes halogenated alkanes) is 1. The van der Waals surface area contributed by atoms with Crippen molar-refractivity contribution in [2.75, 3.05) is 24.7 Å².